The van der Waals surface area contributed by atoms with Crippen molar-refractivity contribution in [3.05, 3.63) is 78.0 Å². The molecule has 2 aromatic rings. The van der Waals surface area contributed by atoms with Gasteiger partial charge >= 0.3 is 11.9 Å². The summed E-state index contributed by atoms with van der Waals surface area (Å²) >= 11 is 0. The number of allylic oxidation sites excluding steroid dienone is 3. The van der Waals surface area contributed by atoms with Crippen LogP contribution in [0.4, 0.5) is 5.69 Å². The standard InChI is InChI=1S/C20H18N4O2.C4H2O4/c1-24(2)14-6-7-19-16(11-14)15-10-13(4-3-5-18(15)26-19)23-20(25)17-8-9-21-12-22-17;5-3(6)1-2-4(7)8/h3-12,18H,1-2H3,(H,23,25);(H,5,6)(H,7,8). The summed E-state index contributed by atoms with van der Waals surface area (Å²) in [7, 11) is 4.01. The lowest BCUT2D eigenvalue weighted by molar-refractivity contribution is -0.132. The maximum atomic E-state index is 12.4. The van der Waals surface area contributed by atoms with Gasteiger partial charge in [-0.1, -0.05) is 6.08 Å². The number of nitrogens with one attached hydrogen (secondary N) is 1. The van der Waals surface area contributed by atoms with E-state index in [2.05, 4.69) is 21.4 Å². The van der Waals surface area contributed by atoms with E-state index in [1.807, 2.05) is 55.4 Å². The Hall–Kier alpha value is -4.91. The first-order valence-electron chi connectivity index (χ1n) is 9.88. The van der Waals surface area contributed by atoms with Gasteiger partial charge in [-0.2, -0.15) is 0 Å². The Bertz CT molecular complexity index is 1250. The van der Waals surface area contributed by atoms with Crippen molar-refractivity contribution in [2.45, 2.75) is 6.10 Å². The molecule has 1 atom stereocenters. The van der Waals surface area contributed by atoms with E-state index < -0.39 is 11.9 Å². The van der Waals surface area contributed by atoms with Crippen molar-refractivity contribution in [1.82, 2.24) is 15.3 Å². The molecule has 10 nitrogen and oxygen atoms in total. The molecule has 0 fully saturated rings. The molecule has 4 rings (SSSR count). The molecular weight excluding hydrogens is 440 g/mol. The zero-order valence-corrected chi connectivity index (χ0v) is 18.2. The minimum absolute atomic E-state index is 0.160. The molecule has 1 aliphatic heterocycles. The van der Waals surface area contributed by atoms with Gasteiger partial charge in [0.15, 0.2) is 0 Å². The molecule has 0 saturated carbocycles. The van der Waals surface area contributed by atoms with E-state index in [-0.39, 0.29) is 12.0 Å². The molecule has 1 amide bonds. The van der Waals surface area contributed by atoms with E-state index in [1.54, 1.807) is 12.3 Å². The van der Waals surface area contributed by atoms with Crippen LogP contribution in [0.2, 0.25) is 0 Å². The average Bonchev–Trinajstić information content (AvgIpc) is 3.02. The first kappa shape index (κ1) is 23.7. The fourth-order valence-electron chi connectivity index (χ4n) is 3.06. The number of aromatic nitrogens is 2. The highest BCUT2D eigenvalue weighted by molar-refractivity contribution is 5.96. The van der Waals surface area contributed by atoms with Gasteiger partial charge in [-0.15, -0.1) is 0 Å². The number of hydrogen-bond donors (Lipinski definition) is 3. The van der Waals surface area contributed by atoms with Crippen LogP contribution < -0.4 is 15.0 Å². The van der Waals surface area contributed by atoms with Gasteiger partial charge in [0.25, 0.3) is 5.91 Å². The average molecular weight is 460 g/mol. The number of rotatable bonds is 3. The molecule has 1 unspecified atom stereocenters. The van der Waals surface area contributed by atoms with Gasteiger partial charge in [0.05, 0.1) is 0 Å². The second-order valence-electron chi connectivity index (χ2n) is 7.13. The number of hydrogen-bond acceptors (Lipinski definition) is 7. The minimum Gasteiger partial charge on any atom is -0.481 e. The summed E-state index contributed by atoms with van der Waals surface area (Å²) < 4.78 is 6.02. The SMILES string of the molecule is CN(C)c1ccc2c(c1)C1=CC(NC(=O)c3ccncn3)=CC=CC1O2.O=C(O)C#CC(=O)O. The maximum absolute atomic E-state index is 12.4. The molecule has 172 valence electrons. The van der Waals surface area contributed by atoms with Crippen molar-refractivity contribution in [2.75, 3.05) is 19.0 Å². The van der Waals surface area contributed by atoms with Crippen molar-refractivity contribution in [2.24, 2.45) is 0 Å². The van der Waals surface area contributed by atoms with Crippen LogP contribution in [-0.2, 0) is 9.59 Å². The van der Waals surface area contributed by atoms with E-state index in [1.165, 1.54) is 18.2 Å². The lowest BCUT2D eigenvalue weighted by Crippen LogP contribution is -2.23. The van der Waals surface area contributed by atoms with Crippen LogP contribution in [0.25, 0.3) is 5.57 Å². The topological polar surface area (TPSA) is 142 Å². The van der Waals surface area contributed by atoms with Crippen molar-refractivity contribution >= 4 is 29.1 Å². The van der Waals surface area contributed by atoms with Crippen LogP contribution in [0.3, 0.4) is 0 Å². The van der Waals surface area contributed by atoms with Crippen LogP contribution in [0, 0.1) is 11.8 Å². The van der Waals surface area contributed by atoms with Crippen LogP contribution in [-0.4, -0.2) is 58.2 Å². The second-order valence-corrected chi connectivity index (χ2v) is 7.13. The Labute approximate surface area is 194 Å². The first-order valence-corrected chi connectivity index (χ1v) is 9.88. The molecule has 1 aliphatic carbocycles. The third-order valence-corrected chi connectivity index (χ3v) is 4.57. The Morgan fingerprint density at radius 2 is 1.85 bits per heavy atom. The molecule has 34 heavy (non-hydrogen) atoms. The molecule has 10 heteroatoms. The summed E-state index contributed by atoms with van der Waals surface area (Å²) in [5, 5.41) is 18.3. The van der Waals surface area contributed by atoms with Crippen LogP contribution >= 0.6 is 0 Å². The number of amides is 1. The number of carbonyl (C=O) groups excluding carboxylic acids is 1. The summed E-state index contributed by atoms with van der Waals surface area (Å²) in [4.78, 5) is 41.2. The number of ether oxygens (including phenoxy) is 1. The maximum Gasteiger partial charge on any atom is 0.382 e. The Morgan fingerprint density at radius 1 is 1.12 bits per heavy atom. The van der Waals surface area contributed by atoms with E-state index in [4.69, 9.17) is 14.9 Å². The third-order valence-electron chi connectivity index (χ3n) is 4.57. The number of nitrogens with zero attached hydrogens (tertiary/aromatic N) is 3. The predicted octanol–water partition coefficient (Wildman–Crippen LogP) is 1.73. The highest BCUT2D eigenvalue weighted by atomic mass is 16.5. The van der Waals surface area contributed by atoms with Crippen molar-refractivity contribution < 1.29 is 29.3 Å². The quantitative estimate of drug-likeness (QED) is 0.584. The highest BCUT2D eigenvalue weighted by Crippen LogP contribution is 2.41. The van der Waals surface area contributed by atoms with E-state index in [0.29, 0.717) is 11.4 Å². The summed E-state index contributed by atoms with van der Waals surface area (Å²) in [6.45, 7) is 0. The van der Waals surface area contributed by atoms with Gasteiger partial charge in [0.1, 0.15) is 23.9 Å². The minimum atomic E-state index is -1.44. The fourth-order valence-corrected chi connectivity index (χ4v) is 3.06. The van der Waals surface area contributed by atoms with E-state index in [9.17, 15) is 14.4 Å². The molecule has 2 heterocycles. The Balaban J connectivity index is 0.000000350. The smallest absolute Gasteiger partial charge is 0.382 e. The molecule has 0 spiro atoms. The van der Waals surface area contributed by atoms with Gasteiger partial charge in [-0.3, -0.25) is 4.79 Å². The van der Waals surface area contributed by atoms with Gasteiger partial charge in [-0.25, -0.2) is 19.6 Å². The fraction of sp³-hybridized carbons (Fsp3) is 0.125. The number of benzene rings is 1. The molecular formula is C24H20N4O6. The van der Waals surface area contributed by atoms with Gasteiger partial charge in [0, 0.05) is 54.7 Å². The zero-order chi connectivity index (χ0) is 24.7. The second kappa shape index (κ2) is 10.6. The highest BCUT2D eigenvalue weighted by Gasteiger charge is 2.28. The summed E-state index contributed by atoms with van der Waals surface area (Å²) in [6, 6.07) is 7.69. The third kappa shape index (κ3) is 6.08. The molecule has 0 radical (unpaired) electrons. The largest absolute Gasteiger partial charge is 0.481 e. The molecule has 0 saturated heterocycles. The molecule has 1 aromatic heterocycles. The molecule has 2 aliphatic rings. The Kier molecular flexibility index (Phi) is 7.41. The van der Waals surface area contributed by atoms with Gasteiger partial charge < -0.3 is 25.2 Å². The lowest BCUT2D eigenvalue weighted by Gasteiger charge is -2.13. The van der Waals surface area contributed by atoms with Crippen LogP contribution in [0.1, 0.15) is 16.1 Å². The van der Waals surface area contributed by atoms with Crippen LogP contribution in [0.5, 0.6) is 5.75 Å². The van der Waals surface area contributed by atoms with E-state index in [0.717, 1.165) is 22.6 Å². The number of fused-ring (bicyclic) bond motifs is 3. The van der Waals surface area contributed by atoms with Crippen LogP contribution in [0.15, 0.2) is 66.8 Å². The predicted molar refractivity (Wildman–Crippen MR) is 123 cm³/mol. The number of carboxylic acids is 2. The van der Waals surface area contributed by atoms with Gasteiger partial charge in [-0.05, 0) is 42.5 Å². The first-order chi connectivity index (χ1) is 16.2. The van der Waals surface area contributed by atoms with Crippen molar-refractivity contribution in [3.8, 4) is 17.6 Å². The van der Waals surface area contributed by atoms with Crippen molar-refractivity contribution in [3.63, 3.8) is 0 Å². The summed E-state index contributed by atoms with van der Waals surface area (Å²) in [6.07, 6.45) is 10.4. The Morgan fingerprint density at radius 3 is 2.47 bits per heavy atom. The number of aliphatic carboxylic acids is 2. The monoisotopic (exact) mass is 460 g/mol. The number of carboxylic acid groups (broad SMARTS) is 2. The zero-order valence-electron chi connectivity index (χ0n) is 18.2. The number of anilines is 1. The summed E-state index contributed by atoms with van der Waals surface area (Å²) in [5.41, 5.74) is 4.16. The number of carbonyl (C=O) groups is 3. The lowest BCUT2D eigenvalue weighted by atomic mass is 10.0. The molecule has 1 aromatic carbocycles. The van der Waals surface area contributed by atoms with E-state index >= 15 is 0 Å². The van der Waals surface area contributed by atoms with Gasteiger partial charge in [0.2, 0.25) is 0 Å². The van der Waals surface area contributed by atoms with Crippen molar-refractivity contribution in [1.29, 1.82) is 0 Å². The molecule has 3 N–H and O–H groups in total. The summed E-state index contributed by atoms with van der Waals surface area (Å²) in [5.74, 6) is 0.521. The normalized spacial score (nSPS) is 14.7. The molecule has 0 bridgehead atoms.